The molecule has 0 aliphatic heterocycles. The van der Waals surface area contributed by atoms with Crippen LogP contribution in [0.3, 0.4) is 0 Å². The molecule has 2 aromatic rings. The van der Waals surface area contributed by atoms with E-state index in [9.17, 15) is 9.18 Å². The molecule has 0 radical (unpaired) electrons. The number of hydrogen-bond donors (Lipinski definition) is 0. The molecule has 0 spiro atoms. The average Bonchev–Trinajstić information content (AvgIpc) is 2.39. The van der Waals surface area contributed by atoms with Crippen LogP contribution in [-0.4, -0.2) is 10.8 Å². The monoisotopic (exact) mass is 227 g/mol. The normalized spacial score (nSPS) is 10.6. The second kappa shape index (κ2) is 5.16. The zero-order valence-electron chi connectivity index (χ0n) is 9.01. The number of benzene rings is 1. The minimum Gasteiger partial charge on any atom is -0.288 e. The van der Waals surface area contributed by atoms with Crippen LogP contribution in [0.1, 0.15) is 16.1 Å². The van der Waals surface area contributed by atoms with Crippen molar-refractivity contribution in [2.24, 2.45) is 0 Å². The van der Waals surface area contributed by atoms with E-state index in [4.69, 9.17) is 0 Å². The molecule has 0 bridgehead atoms. The lowest BCUT2D eigenvalue weighted by molar-refractivity contribution is 0.104. The molecule has 0 fully saturated rings. The zero-order valence-corrected chi connectivity index (χ0v) is 9.01. The third kappa shape index (κ3) is 3.08. The Morgan fingerprint density at radius 1 is 1.12 bits per heavy atom. The average molecular weight is 227 g/mol. The van der Waals surface area contributed by atoms with Crippen molar-refractivity contribution >= 4 is 11.9 Å². The quantitative estimate of drug-likeness (QED) is 0.595. The highest BCUT2D eigenvalue weighted by atomic mass is 19.1. The molecule has 0 saturated carbocycles. The fourth-order valence-electron chi connectivity index (χ4n) is 1.34. The highest BCUT2D eigenvalue weighted by Gasteiger charge is 2.00. The van der Waals surface area contributed by atoms with Crippen molar-refractivity contribution in [1.82, 2.24) is 4.98 Å². The van der Waals surface area contributed by atoms with Gasteiger partial charge in [0.15, 0.2) is 0 Å². The number of pyridine rings is 1. The zero-order chi connectivity index (χ0) is 12.1. The lowest BCUT2D eigenvalue weighted by Gasteiger charge is -1.94. The molecule has 1 heterocycles. The van der Waals surface area contributed by atoms with E-state index in [-0.39, 0.29) is 11.6 Å². The Bertz CT molecular complexity index is 532. The van der Waals surface area contributed by atoms with Gasteiger partial charge in [-0.3, -0.25) is 9.78 Å². The smallest absolute Gasteiger partial charge is 0.204 e. The first-order valence-electron chi connectivity index (χ1n) is 5.15. The Balaban J connectivity index is 2.11. The highest BCUT2D eigenvalue weighted by molar-refractivity contribution is 6.05. The van der Waals surface area contributed by atoms with Crippen LogP contribution in [0.25, 0.3) is 6.08 Å². The summed E-state index contributed by atoms with van der Waals surface area (Å²) in [4.78, 5) is 15.6. The maximum atomic E-state index is 12.6. The second-order valence-electron chi connectivity index (χ2n) is 3.46. The summed E-state index contributed by atoms with van der Waals surface area (Å²) in [6.07, 6.45) is 4.63. The first-order chi connectivity index (χ1) is 8.25. The Labute approximate surface area is 98.4 Å². The van der Waals surface area contributed by atoms with E-state index in [0.29, 0.717) is 5.69 Å². The van der Waals surface area contributed by atoms with Crippen LogP contribution >= 0.6 is 0 Å². The van der Waals surface area contributed by atoms with Crippen molar-refractivity contribution in [3.8, 4) is 0 Å². The molecule has 1 aromatic heterocycles. The van der Waals surface area contributed by atoms with Crippen molar-refractivity contribution in [1.29, 1.82) is 0 Å². The topological polar surface area (TPSA) is 30.0 Å². The fourth-order valence-corrected chi connectivity index (χ4v) is 1.34. The van der Waals surface area contributed by atoms with Gasteiger partial charge in [0.25, 0.3) is 0 Å². The number of aromatic nitrogens is 1. The number of carbonyl (C=O) groups excluding carboxylic acids is 1. The molecule has 2 nitrogen and oxygen atoms in total. The Kier molecular flexibility index (Phi) is 3.40. The number of ketones is 1. The molecule has 0 aliphatic rings. The van der Waals surface area contributed by atoms with Crippen LogP contribution in [0, 0.1) is 5.82 Å². The summed E-state index contributed by atoms with van der Waals surface area (Å²) in [5.41, 5.74) is 1.17. The van der Waals surface area contributed by atoms with Crippen molar-refractivity contribution in [3.05, 3.63) is 71.8 Å². The lowest BCUT2D eigenvalue weighted by Crippen LogP contribution is -1.96. The van der Waals surface area contributed by atoms with Crippen molar-refractivity contribution < 1.29 is 9.18 Å². The molecule has 1 aromatic carbocycles. The highest BCUT2D eigenvalue weighted by Crippen LogP contribution is 2.06. The summed E-state index contributed by atoms with van der Waals surface area (Å²) < 4.78 is 12.6. The van der Waals surface area contributed by atoms with Crippen molar-refractivity contribution in [2.45, 2.75) is 0 Å². The van der Waals surface area contributed by atoms with Crippen LogP contribution in [0.2, 0.25) is 0 Å². The second-order valence-corrected chi connectivity index (χ2v) is 3.46. The largest absolute Gasteiger partial charge is 0.288 e. The fraction of sp³-hybridized carbons (Fsp3) is 0. The predicted molar refractivity (Wildman–Crippen MR) is 64.0 cm³/mol. The predicted octanol–water partition coefficient (Wildman–Crippen LogP) is 3.12. The summed E-state index contributed by atoms with van der Waals surface area (Å²) in [5, 5.41) is 0. The molecule has 0 N–H and O–H groups in total. The lowest BCUT2D eigenvalue weighted by atomic mass is 10.1. The molecule has 0 atom stereocenters. The Hall–Kier alpha value is -2.29. The van der Waals surface area contributed by atoms with E-state index in [1.807, 2.05) is 0 Å². The number of halogens is 1. The third-order valence-electron chi connectivity index (χ3n) is 2.21. The van der Waals surface area contributed by atoms with Crippen LogP contribution in [-0.2, 0) is 0 Å². The van der Waals surface area contributed by atoms with Gasteiger partial charge in [0.2, 0.25) is 5.78 Å². The molecule has 84 valence electrons. The molecule has 0 unspecified atom stereocenters. The van der Waals surface area contributed by atoms with Crippen molar-refractivity contribution in [2.75, 3.05) is 0 Å². The van der Waals surface area contributed by atoms with Crippen LogP contribution < -0.4 is 0 Å². The summed E-state index contributed by atoms with van der Waals surface area (Å²) in [6.45, 7) is 0. The van der Waals surface area contributed by atoms with Gasteiger partial charge < -0.3 is 0 Å². The molecular formula is C14H10FNO. The van der Waals surface area contributed by atoms with E-state index in [2.05, 4.69) is 4.98 Å². The maximum Gasteiger partial charge on any atom is 0.204 e. The van der Waals surface area contributed by atoms with Gasteiger partial charge in [-0.2, -0.15) is 0 Å². The van der Waals surface area contributed by atoms with E-state index >= 15 is 0 Å². The summed E-state index contributed by atoms with van der Waals surface area (Å²) in [7, 11) is 0. The first kappa shape index (κ1) is 11.2. The Morgan fingerprint density at radius 2 is 1.88 bits per heavy atom. The Morgan fingerprint density at radius 3 is 2.53 bits per heavy atom. The number of rotatable bonds is 3. The summed E-state index contributed by atoms with van der Waals surface area (Å²) in [5.74, 6) is -0.465. The van der Waals surface area contributed by atoms with Gasteiger partial charge in [0.05, 0.1) is 0 Å². The van der Waals surface area contributed by atoms with Gasteiger partial charge in [-0.25, -0.2) is 4.39 Å². The molecule has 0 amide bonds. The number of hydrogen-bond acceptors (Lipinski definition) is 2. The van der Waals surface area contributed by atoms with Crippen LogP contribution in [0.5, 0.6) is 0 Å². The number of allylic oxidation sites excluding steroid dienone is 1. The van der Waals surface area contributed by atoms with Gasteiger partial charge in [0, 0.05) is 6.20 Å². The molecule has 17 heavy (non-hydrogen) atoms. The van der Waals surface area contributed by atoms with Gasteiger partial charge in [0.1, 0.15) is 11.5 Å². The standard InChI is InChI=1S/C14H10FNO/c15-12-7-4-11(5-8-12)6-9-14(17)13-3-1-2-10-16-13/h1-10H. The van der Waals surface area contributed by atoms with Gasteiger partial charge >= 0.3 is 0 Å². The molecule has 3 heteroatoms. The SMILES string of the molecule is O=C(C=Cc1ccc(F)cc1)c1ccccn1. The van der Waals surface area contributed by atoms with E-state index < -0.39 is 0 Å². The molecule has 0 saturated heterocycles. The molecule has 0 aliphatic carbocycles. The van der Waals surface area contributed by atoms with E-state index in [1.54, 1.807) is 42.6 Å². The number of nitrogens with zero attached hydrogens (tertiary/aromatic N) is 1. The van der Waals surface area contributed by atoms with Crippen LogP contribution in [0.4, 0.5) is 4.39 Å². The summed E-state index contributed by atoms with van der Waals surface area (Å²) >= 11 is 0. The van der Waals surface area contributed by atoms with E-state index in [0.717, 1.165) is 5.56 Å². The maximum absolute atomic E-state index is 12.6. The van der Waals surface area contributed by atoms with Gasteiger partial charge in [-0.1, -0.05) is 24.3 Å². The van der Waals surface area contributed by atoms with Gasteiger partial charge in [-0.05, 0) is 35.9 Å². The molecular weight excluding hydrogens is 217 g/mol. The first-order valence-corrected chi connectivity index (χ1v) is 5.15. The van der Waals surface area contributed by atoms with Crippen LogP contribution in [0.15, 0.2) is 54.7 Å². The third-order valence-corrected chi connectivity index (χ3v) is 2.21. The molecule has 2 rings (SSSR count). The minimum absolute atomic E-state index is 0.171. The van der Waals surface area contributed by atoms with Gasteiger partial charge in [-0.15, -0.1) is 0 Å². The minimum atomic E-state index is -0.293. The van der Waals surface area contributed by atoms with Crippen molar-refractivity contribution in [3.63, 3.8) is 0 Å². The van der Waals surface area contributed by atoms with E-state index in [1.165, 1.54) is 18.2 Å². The summed E-state index contributed by atoms with van der Waals surface area (Å²) in [6, 6.07) is 11.1. The number of carbonyl (C=O) groups is 1.